The van der Waals surface area contributed by atoms with Crippen LogP contribution in [0.25, 0.3) is 16.5 Å². The number of hydrogen-bond donors (Lipinski definition) is 2. The van der Waals surface area contributed by atoms with Crippen molar-refractivity contribution in [3.8, 4) is 11.4 Å². The summed E-state index contributed by atoms with van der Waals surface area (Å²) in [7, 11) is 0. The molecule has 1 aromatic heterocycles. The number of fused-ring (bicyclic) bond motifs is 1. The van der Waals surface area contributed by atoms with Gasteiger partial charge in [-0.3, -0.25) is 19.1 Å². The molecular weight excluding hydrogens is 418 g/mol. The predicted octanol–water partition coefficient (Wildman–Crippen LogP) is 2.88. The number of rotatable bonds is 7. The Morgan fingerprint density at radius 3 is 2.70 bits per heavy atom. The highest BCUT2D eigenvalue weighted by Crippen LogP contribution is 2.21. The van der Waals surface area contributed by atoms with E-state index in [1.54, 1.807) is 29.0 Å². The fourth-order valence-corrected chi connectivity index (χ4v) is 4.21. The van der Waals surface area contributed by atoms with E-state index in [-0.39, 0.29) is 17.6 Å². The molecule has 0 bridgehead atoms. The third-order valence-corrected chi connectivity index (χ3v) is 6.18. The Morgan fingerprint density at radius 2 is 1.94 bits per heavy atom. The lowest BCUT2D eigenvalue weighted by Crippen LogP contribution is -2.38. The lowest BCUT2D eigenvalue weighted by molar-refractivity contribution is 0.0755. The van der Waals surface area contributed by atoms with Crippen molar-refractivity contribution in [1.29, 1.82) is 0 Å². The first kappa shape index (κ1) is 23.0. The lowest BCUT2D eigenvalue weighted by Gasteiger charge is -2.29. The van der Waals surface area contributed by atoms with E-state index >= 15 is 0 Å². The van der Waals surface area contributed by atoms with E-state index in [2.05, 4.69) is 10.2 Å². The molecule has 0 aliphatic carbocycles. The van der Waals surface area contributed by atoms with Gasteiger partial charge in [0.15, 0.2) is 0 Å². The largest absolute Gasteiger partial charge is 0.492 e. The highest BCUT2D eigenvalue weighted by molar-refractivity contribution is 5.95. The zero-order valence-corrected chi connectivity index (χ0v) is 19.2. The monoisotopic (exact) mass is 449 g/mol. The first-order valence-electron chi connectivity index (χ1n) is 11.5. The van der Waals surface area contributed by atoms with Crippen LogP contribution in [0.3, 0.4) is 0 Å². The Balaban J connectivity index is 1.56. The van der Waals surface area contributed by atoms with Crippen LogP contribution in [-0.4, -0.2) is 59.4 Å². The quantitative estimate of drug-likeness (QED) is 0.580. The molecular formula is C26H31N3O4. The van der Waals surface area contributed by atoms with Crippen molar-refractivity contribution in [3.05, 3.63) is 70.1 Å². The topological polar surface area (TPSA) is 83.8 Å². The van der Waals surface area contributed by atoms with Gasteiger partial charge in [-0.1, -0.05) is 12.1 Å². The van der Waals surface area contributed by atoms with Crippen molar-refractivity contribution in [2.24, 2.45) is 0 Å². The molecule has 33 heavy (non-hydrogen) atoms. The second-order valence-electron chi connectivity index (χ2n) is 8.52. The summed E-state index contributed by atoms with van der Waals surface area (Å²) in [5.74, 6) is 0.494. The number of carbonyl (C=O) groups excluding carboxylic acids is 1. The van der Waals surface area contributed by atoms with Crippen LogP contribution < -0.4 is 15.6 Å². The van der Waals surface area contributed by atoms with Crippen molar-refractivity contribution < 1.29 is 14.6 Å². The van der Waals surface area contributed by atoms with E-state index < -0.39 is 0 Å². The molecule has 2 heterocycles. The number of nitrogens with one attached hydrogen (secondary N) is 1. The zero-order valence-electron chi connectivity index (χ0n) is 19.2. The SMILES string of the molecule is CCNC(=O)c1ccc(C)c(-n2ccc3ccc(OCCN4CCC(O)CC4)cc3c2=O)c1. The molecule has 174 valence electrons. The molecule has 1 amide bonds. The first-order valence-corrected chi connectivity index (χ1v) is 11.5. The van der Waals surface area contributed by atoms with Gasteiger partial charge in [-0.15, -0.1) is 0 Å². The molecule has 1 fully saturated rings. The molecule has 4 rings (SSSR count). The van der Waals surface area contributed by atoms with E-state index in [4.69, 9.17) is 4.74 Å². The van der Waals surface area contributed by atoms with Gasteiger partial charge < -0.3 is 15.2 Å². The number of amides is 1. The molecule has 1 aliphatic rings. The minimum absolute atomic E-state index is 0.154. The van der Waals surface area contributed by atoms with Gasteiger partial charge in [0.25, 0.3) is 11.5 Å². The molecule has 7 heteroatoms. The Bertz CT molecular complexity index is 1200. The highest BCUT2D eigenvalue weighted by atomic mass is 16.5. The van der Waals surface area contributed by atoms with E-state index in [0.717, 1.165) is 43.4 Å². The van der Waals surface area contributed by atoms with Gasteiger partial charge >= 0.3 is 0 Å². The molecule has 2 N–H and O–H groups in total. The van der Waals surface area contributed by atoms with Crippen molar-refractivity contribution in [1.82, 2.24) is 14.8 Å². The minimum atomic E-state index is -0.185. The number of aliphatic hydroxyl groups is 1. The fourth-order valence-electron chi connectivity index (χ4n) is 4.21. The van der Waals surface area contributed by atoms with Gasteiger partial charge in [0.2, 0.25) is 0 Å². The second-order valence-corrected chi connectivity index (χ2v) is 8.52. The standard InChI is InChI=1S/C26H31N3O4/c1-3-27-25(31)20-5-4-18(2)24(16-20)29-13-8-19-6-7-22(17-23(19)26(29)32)33-15-14-28-11-9-21(30)10-12-28/h4-8,13,16-17,21,30H,3,9-12,14-15H2,1-2H3,(H,27,31). The van der Waals surface area contributed by atoms with Gasteiger partial charge in [-0.05, 0) is 68.0 Å². The Kier molecular flexibility index (Phi) is 7.11. The lowest BCUT2D eigenvalue weighted by atomic mass is 10.1. The Morgan fingerprint density at radius 1 is 1.15 bits per heavy atom. The molecule has 3 aromatic rings. The average molecular weight is 450 g/mol. The average Bonchev–Trinajstić information content (AvgIpc) is 2.82. The van der Waals surface area contributed by atoms with Crippen LogP contribution in [0.5, 0.6) is 5.75 Å². The summed E-state index contributed by atoms with van der Waals surface area (Å²) in [5, 5.41) is 13.8. The number of carbonyl (C=O) groups is 1. The number of aromatic nitrogens is 1. The number of aliphatic hydroxyl groups excluding tert-OH is 1. The van der Waals surface area contributed by atoms with E-state index in [1.807, 2.05) is 38.1 Å². The molecule has 2 aromatic carbocycles. The Hall–Kier alpha value is -3.16. The van der Waals surface area contributed by atoms with Gasteiger partial charge in [0.1, 0.15) is 12.4 Å². The van der Waals surface area contributed by atoms with E-state index in [9.17, 15) is 14.7 Å². The normalized spacial score (nSPS) is 15.0. The van der Waals surface area contributed by atoms with Crippen LogP contribution >= 0.6 is 0 Å². The second kappa shape index (κ2) is 10.2. The van der Waals surface area contributed by atoms with Crippen LogP contribution in [-0.2, 0) is 0 Å². The smallest absolute Gasteiger partial charge is 0.263 e. The number of piperidine rings is 1. The maximum atomic E-state index is 13.4. The summed E-state index contributed by atoms with van der Waals surface area (Å²) < 4.78 is 7.53. The third kappa shape index (κ3) is 5.26. The van der Waals surface area contributed by atoms with Crippen molar-refractivity contribution in [2.45, 2.75) is 32.8 Å². The van der Waals surface area contributed by atoms with Crippen LogP contribution in [0.15, 0.2) is 53.5 Å². The number of pyridine rings is 1. The number of nitrogens with zero attached hydrogens (tertiary/aromatic N) is 2. The van der Waals surface area contributed by atoms with E-state index in [0.29, 0.717) is 35.5 Å². The maximum Gasteiger partial charge on any atom is 0.263 e. The molecule has 0 unspecified atom stereocenters. The number of ether oxygens (including phenoxy) is 1. The van der Waals surface area contributed by atoms with Crippen molar-refractivity contribution >= 4 is 16.7 Å². The fraction of sp³-hybridized carbons (Fsp3) is 0.385. The van der Waals surface area contributed by atoms with Crippen LogP contribution in [0.2, 0.25) is 0 Å². The molecule has 0 atom stereocenters. The van der Waals surface area contributed by atoms with Gasteiger partial charge in [-0.2, -0.15) is 0 Å². The molecule has 0 radical (unpaired) electrons. The molecule has 0 saturated carbocycles. The number of aryl methyl sites for hydroxylation is 1. The summed E-state index contributed by atoms with van der Waals surface area (Å²) >= 11 is 0. The van der Waals surface area contributed by atoms with E-state index in [1.165, 1.54) is 0 Å². The molecule has 1 aliphatic heterocycles. The molecule has 0 spiro atoms. The number of hydrogen-bond acceptors (Lipinski definition) is 5. The third-order valence-electron chi connectivity index (χ3n) is 6.18. The summed E-state index contributed by atoms with van der Waals surface area (Å²) in [6.07, 6.45) is 3.17. The molecule has 7 nitrogen and oxygen atoms in total. The summed E-state index contributed by atoms with van der Waals surface area (Å²) in [4.78, 5) is 27.9. The van der Waals surface area contributed by atoms with Crippen molar-refractivity contribution in [3.63, 3.8) is 0 Å². The highest BCUT2D eigenvalue weighted by Gasteiger charge is 2.16. The number of likely N-dealkylation sites (tertiary alicyclic amines) is 1. The minimum Gasteiger partial charge on any atom is -0.492 e. The van der Waals surface area contributed by atoms with Gasteiger partial charge in [-0.25, -0.2) is 0 Å². The van der Waals surface area contributed by atoms with Crippen molar-refractivity contribution in [2.75, 3.05) is 32.8 Å². The summed E-state index contributed by atoms with van der Waals surface area (Å²) in [6.45, 7) is 7.40. The summed E-state index contributed by atoms with van der Waals surface area (Å²) in [6, 6.07) is 12.8. The van der Waals surface area contributed by atoms with Crippen LogP contribution in [0, 0.1) is 6.92 Å². The summed E-state index contributed by atoms with van der Waals surface area (Å²) in [5.41, 5.74) is 1.96. The van der Waals surface area contributed by atoms with Crippen LogP contribution in [0.4, 0.5) is 0 Å². The zero-order chi connectivity index (χ0) is 23.4. The van der Waals surface area contributed by atoms with Gasteiger partial charge in [0.05, 0.1) is 17.2 Å². The predicted molar refractivity (Wildman–Crippen MR) is 129 cm³/mol. The van der Waals surface area contributed by atoms with Gasteiger partial charge in [0, 0.05) is 37.9 Å². The molecule has 1 saturated heterocycles. The Labute approximate surface area is 193 Å². The number of benzene rings is 2. The first-order chi connectivity index (χ1) is 16.0. The van der Waals surface area contributed by atoms with Crippen LogP contribution in [0.1, 0.15) is 35.7 Å². The maximum absolute atomic E-state index is 13.4.